The Bertz CT molecular complexity index is 461. The van der Waals surface area contributed by atoms with Crippen LogP contribution in [-0.2, 0) is 10.0 Å². The predicted octanol–water partition coefficient (Wildman–Crippen LogP) is 0.728. The smallest absolute Gasteiger partial charge is 0.240 e. The van der Waals surface area contributed by atoms with Crippen LogP contribution in [0.3, 0.4) is 0 Å². The van der Waals surface area contributed by atoms with Gasteiger partial charge in [0, 0.05) is 12.6 Å². The monoisotopic (exact) mass is 309 g/mol. The summed E-state index contributed by atoms with van der Waals surface area (Å²) in [7, 11) is -2.13. The molecule has 0 aliphatic heterocycles. The van der Waals surface area contributed by atoms with E-state index in [0.717, 1.165) is 0 Å². The minimum absolute atomic E-state index is 0.0132. The molecule has 0 aromatic heterocycles. The molecule has 0 atom stereocenters. The summed E-state index contributed by atoms with van der Waals surface area (Å²) < 4.78 is 31.3. The zero-order chi connectivity index (χ0) is 12.2. The molecule has 0 unspecified atom stereocenters. The molecule has 0 radical (unpaired) electrons. The molecule has 2 N–H and O–H groups in total. The van der Waals surface area contributed by atoms with Crippen LogP contribution in [0.25, 0.3) is 0 Å². The minimum Gasteiger partial charge on any atom is -0.496 e. The zero-order valence-corrected chi connectivity index (χ0v) is 11.0. The van der Waals surface area contributed by atoms with Crippen LogP contribution in [0, 0.1) is 0 Å². The van der Waals surface area contributed by atoms with Gasteiger partial charge in [0.25, 0.3) is 0 Å². The topological polar surface area (TPSA) is 75.6 Å². The van der Waals surface area contributed by atoms with Gasteiger partial charge in [-0.15, -0.1) is 0 Å². The lowest BCUT2D eigenvalue weighted by Crippen LogP contribution is -2.26. The Balaban J connectivity index is 3.04. The Morgan fingerprint density at radius 2 is 2.19 bits per heavy atom. The van der Waals surface area contributed by atoms with Crippen LogP contribution < -0.4 is 9.46 Å². The number of hydrogen-bond acceptors (Lipinski definition) is 4. The summed E-state index contributed by atoms with van der Waals surface area (Å²) in [5, 5.41) is 8.56. The fourth-order valence-electron chi connectivity index (χ4n) is 1.07. The van der Waals surface area contributed by atoms with Crippen molar-refractivity contribution in [3.63, 3.8) is 0 Å². The van der Waals surface area contributed by atoms with Crippen molar-refractivity contribution in [3.05, 3.63) is 22.7 Å². The van der Waals surface area contributed by atoms with Gasteiger partial charge in [0.15, 0.2) is 0 Å². The van der Waals surface area contributed by atoms with Gasteiger partial charge in [-0.05, 0) is 28.1 Å². The molecule has 90 valence electrons. The maximum atomic E-state index is 11.7. The second-order valence-electron chi connectivity index (χ2n) is 2.92. The first-order valence-corrected chi connectivity index (χ1v) is 6.73. The summed E-state index contributed by atoms with van der Waals surface area (Å²) in [5.41, 5.74) is 0. The Labute approximate surface area is 103 Å². The van der Waals surface area contributed by atoms with E-state index in [1.165, 1.54) is 19.2 Å². The Kier molecular flexibility index (Phi) is 4.72. The van der Waals surface area contributed by atoms with E-state index < -0.39 is 10.0 Å². The fourth-order valence-corrected chi connectivity index (χ4v) is 2.52. The van der Waals surface area contributed by atoms with Crippen molar-refractivity contribution in [3.8, 4) is 5.75 Å². The standard InChI is InChI=1S/C9H12BrNO4S/c1-15-9-6-7(2-3-8(9)10)16(13,14)11-4-5-12/h2-3,6,11-12H,4-5H2,1H3. The average molecular weight is 310 g/mol. The van der Waals surface area contributed by atoms with Crippen LogP contribution in [0.15, 0.2) is 27.6 Å². The highest BCUT2D eigenvalue weighted by molar-refractivity contribution is 9.10. The van der Waals surface area contributed by atoms with Gasteiger partial charge >= 0.3 is 0 Å². The van der Waals surface area contributed by atoms with Crippen molar-refractivity contribution >= 4 is 26.0 Å². The molecule has 0 spiro atoms. The van der Waals surface area contributed by atoms with Crippen LogP contribution in [0.1, 0.15) is 0 Å². The van der Waals surface area contributed by atoms with Gasteiger partial charge in [-0.25, -0.2) is 13.1 Å². The summed E-state index contributed by atoms with van der Waals surface area (Å²) in [4.78, 5) is 0.0981. The molecule has 0 aliphatic rings. The largest absolute Gasteiger partial charge is 0.496 e. The maximum Gasteiger partial charge on any atom is 0.240 e. The summed E-state index contributed by atoms with van der Waals surface area (Å²) in [5.74, 6) is 0.437. The predicted molar refractivity (Wildman–Crippen MR) is 63.0 cm³/mol. The van der Waals surface area contributed by atoms with Crippen molar-refractivity contribution < 1.29 is 18.3 Å². The first-order valence-electron chi connectivity index (χ1n) is 4.45. The second-order valence-corrected chi connectivity index (χ2v) is 5.54. The molecule has 1 rings (SSSR count). The molecular formula is C9H12BrNO4S. The van der Waals surface area contributed by atoms with E-state index in [9.17, 15) is 8.42 Å². The van der Waals surface area contributed by atoms with Crippen LogP contribution in [0.2, 0.25) is 0 Å². The molecule has 0 aliphatic carbocycles. The molecule has 0 saturated carbocycles. The maximum absolute atomic E-state index is 11.7. The fraction of sp³-hybridized carbons (Fsp3) is 0.333. The number of rotatable bonds is 5. The first-order chi connectivity index (χ1) is 7.51. The summed E-state index contributed by atoms with van der Waals surface area (Å²) in [6.07, 6.45) is 0. The summed E-state index contributed by atoms with van der Waals surface area (Å²) in [6, 6.07) is 4.45. The van der Waals surface area contributed by atoms with Gasteiger partial charge < -0.3 is 9.84 Å². The molecule has 1 aromatic rings. The van der Waals surface area contributed by atoms with Gasteiger partial charge in [-0.2, -0.15) is 0 Å². The molecule has 0 heterocycles. The van der Waals surface area contributed by atoms with E-state index >= 15 is 0 Å². The molecular weight excluding hydrogens is 298 g/mol. The highest BCUT2D eigenvalue weighted by atomic mass is 79.9. The average Bonchev–Trinajstić information content (AvgIpc) is 2.27. The van der Waals surface area contributed by atoms with E-state index in [1.807, 2.05) is 0 Å². The highest BCUT2D eigenvalue weighted by Gasteiger charge is 2.15. The normalized spacial score (nSPS) is 11.4. The van der Waals surface area contributed by atoms with Crippen molar-refractivity contribution in [1.29, 1.82) is 0 Å². The van der Waals surface area contributed by atoms with E-state index in [0.29, 0.717) is 10.2 Å². The molecule has 1 aromatic carbocycles. The Morgan fingerprint density at radius 3 is 2.75 bits per heavy atom. The van der Waals surface area contributed by atoms with Crippen LogP contribution in [0.5, 0.6) is 5.75 Å². The Hall–Kier alpha value is -0.630. The van der Waals surface area contributed by atoms with Gasteiger partial charge in [0.2, 0.25) is 10.0 Å². The van der Waals surface area contributed by atoms with Crippen molar-refractivity contribution in [1.82, 2.24) is 4.72 Å². The zero-order valence-electron chi connectivity index (χ0n) is 8.60. The molecule has 0 saturated heterocycles. The lowest BCUT2D eigenvalue weighted by Gasteiger charge is -2.08. The number of benzene rings is 1. The van der Waals surface area contributed by atoms with Gasteiger partial charge in [-0.1, -0.05) is 0 Å². The molecule has 0 fully saturated rings. The number of aliphatic hydroxyl groups excluding tert-OH is 1. The van der Waals surface area contributed by atoms with E-state index in [4.69, 9.17) is 9.84 Å². The van der Waals surface area contributed by atoms with Crippen LogP contribution >= 0.6 is 15.9 Å². The van der Waals surface area contributed by atoms with Crippen LogP contribution in [-0.4, -0.2) is 33.8 Å². The summed E-state index contributed by atoms with van der Waals surface area (Å²) >= 11 is 3.23. The first kappa shape index (κ1) is 13.4. The van der Waals surface area contributed by atoms with Crippen molar-refractivity contribution in [2.75, 3.05) is 20.3 Å². The number of nitrogens with one attached hydrogen (secondary N) is 1. The summed E-state index contributed by atoms with van der Waals surface area (Å²) in [6.45, 7) is -0.256. The Morgan fingerprint density at radius 1 is 1.50 bits per heavy atom. The van der Waals surface area contributed by atoms with Crippen molar-refractivity contribution in [2.45, 2.75) is 4.90 Å². The van der Waals surface area contributed by atoms with Gasteiger partial charge in [0.05, 0.1) is 23.1 Å². The third-order valence-corrected chi connectivity index (χ3v) is 3.95. The van der Waals surface area contributed by atoms with Crippen LogP contribution in [0.4, 0.5) is 0 Å². The number of hydrogen-bond donors (Lipinski definition) is 2. The lowest BCUT2D eigenvalue weighted by atomic mass is 10.3. The number of ether oxygens (including phenoxy) is 1. The van der Waals surface area contributed by atoms with E-state index in [2.05, 4.69) is 20.7 Å². The molecule has 5 nitrogen and oxygen atoms in total. The number of aliphatic hydroxyl groups is 1. The van der Waals surface area contributed by atoms with E-state index in [1.54, 1.807) is 6.07 Å². The number of halogens is 1. The van der Waals surface area contributed by atoms with Crippen molar-refractivity contribution in [2.24, 2.45) is 0 Å². The molecule has 16 heavy (non-hydrogen) atoms. The quantitative estimate of drug-likeness (QED) is 0.841. The molecule has 7 heteroatoms. The second kappa shape index (κ2) is 5.62. The molecule has 0 bridgehead atoms. The number of methoxy groups -OCH3 is 1. The SMILES string of the molecule is COc1cc(S(=O)(=O)NCCO)ccc1Br. The molecule has 0 amide bonds. The highest BCUT2D eigenvalue weighted by Crippen LogP contribution is 2.27. The van der Waals surface area contributed by atoms with Gasteiger partial charge in [0.1, 0.15) is 5.75 Å². The van der Waals surface area contributed by atoms with Gasteiger partial charge in [-0.3, -0.25) is 0 Å². The third kappa shape index (κ3) is 3.18. The van der Waals surface area contributed by atoms with E-state index in [-0.39, 0.29) is 18.0 Å². The third-order valence-electron chi connectivity index (χ3n) is 1.84. The lowest BCUT2D eigenvalue weighted by molar-refractivity contribution is 0.301. The minimum atomic E-state index is -3.58. The number of sulfonamides is 1.